The highest BCUT2D eigenvalue weighted by Gasteiger charge is 2.37. The van der Waals surface area contributed by atoms with Crippen molar-refractivity contribution in [1.82, 2.24) is 5.32 Å². The number of hydrogen-bond donors (Lipinski definition) is 1. The smallest absolute Gasteiger partial charge is 0.121 e. The summed E-state index contributed by atoms with van der Waals surface area (Å²) in [5.41, 5.74) is 2.94. The molecule has 3 rings (SSSR count). The van der Waals surface area contributed by atoms with Crippen molar-refractivity contribution in [2.24, 2.45) is 0 Å². The summed E-state index contributed by atoms with van der Waals surface area (Å²) < 4.78 is 5.35. The summed E-state index contributed by atoms with van der Waals surface area (Å²) in [7, 11) is 1.74. The van der Waals surface area contributed by atoms with Crippen LogP contribution in [0.5, 0.6) is 5.75 Å². The fourth-order valence-corrected chi connectivity index (χ4v) is 3.62. The molecule has 1 aromatic rings. The SMILES string of the molecule is COc1ccc(N2CCNC3(CCCC3)C2)cc1C. The number of piperazine rings is 1. The Morgan fingerprint density at radius 3 is 2.74 bits per heavy atom. The molecule has 3 nitrogen and oxygen atoms in total. The van der Waals surface area contributed by atoms with Gasteiger partial charge in [-0.1, -0.05) is 12.8 Å². The molecule has 0 unspecified atom stereocenters. The van der Waals surface area contributed by atoms with Gasteiger partial charge in [0.05, 0.1) is 7.11 Å². The van der Waals surface area contributed by atoms with Crippen LogP contribution in [-0.2, 0) is 0 Å². The molecule has 1 aliphatic heterocycles. The van der Waals surface area contributed by atoms with Crippen molar-refractivity contribution in [1.29, 1.82) is 0 Å². The molecule has 3 heteroatoms. The van der Waals surface area contributed by atoms with Crippen molar-refractivity contribution in [2.75, 3.05) is 31.6 Å². The molecule has 1 heterocycles. The minimum absolute atomic E-state index is 0.381. The molecular formula is C16H24N2O. The highest BCUT2D eigenvalue weighted by molar-refractivity contribution is 5.53. The largest absolute Gasteiger partial charge is 0.496 e. The zero-order valence-electron chi connectivity index (χ0n) is 12.0. The number of ether oxygens (including phenoxy) is 1. The third-order valence-electron chi connectivity index (χ3n) is 4.68. The van der Waals surface area contributed by atoms with Gasteiger partial charge < -0.3 is 15.0 Å². The molecule has 0 radical (unpaired) electrons. The van der Waals surface area contributed by atoms with Crippen LogP contribution in [0.3, 0.4) is 0 Å². The third-order valence-corrected chi connectivity index (χ3v) is 4.68. The number of nitrogens with zero attached hydrogens (tertiary/aromatic N) is 1. The van der Waals surface area contributed by atoms with Crippen LogP contribution in [0.25, 0.3) is 0 Å². The first-order valence-electron chi connectivity index (χ1n) is 7.37. The number of aryl methyl sites for hydroxylation is 1. The van der Waals surface area contributed by atoms with E-state index in [1.807, 2.05) is 0 Å². The lowest BCUT2D eigenvalue weighted by Crippen LogP contribution is -2.59. The molecule has 1 N–H and O–H groups in total. The van der Waals surface area contributed by atoms with Gasteiger partial charge in [0.2, 0.25) is 0 Å². The van der Waals surface area contributed by atoms with Crippen molar-refractivity contribution < 1.29 is 4.74 Å². The Labute approximate surface area is 115 Å². The van der Waals surface area contributed by atoms with Gasteiger partial charge in [-0.2, -0.15) is 0 Å². The van der Waals surface area contributed by atoms with Crippen LogP contribution in [0.1, 0.15) is 31.2 Å². The van der Waals surface area contributed by atoms with Crippen molar-refractivity contribution in [3.8, 4) is 5.75 Å². The zero-order valence-corrected chi connectivity index (χ0v) is 12.0. The molecule has 1 spiro atoms. The van der Waals surface area contributed by atoms with Crippen LogP contribution in [0.2, 0.25) is 0 Å². The Hall–Kier alpha value is -1.22. The van der Waals surface area contributed by atoms with Crippen molar-refractivity contribution >= 4 is 5.69 Å². The normalized spacial score (nSPS) is 21.9. The molecule has 104 valence electrons. The lowest BCUT2D eigenvalue weighted by atomic mass is 9.94. The fraction of sp³-hybridized carbons (Fsp3) is 0.625. The fourth-order valence-electron chi connectivity index (χ4n) is 3.62. The Morgan fingerprint density at radius 1 is 1.26 bits per heavy atom. The van der Waals surface area contributed by atoms with E-state index in [-0.39, 0.29) is 0 Å². The van der Waals surface area contributed by atoms with Gasteiger partial charge in [-0.05, 0) is 43.5 Å². The maximum Gasteiger partial charge on any atom is 0.121 e. The summed E-state index contributed by atoms with van der Waals surface area (Å²) in [6.45, 7) is 5.48. The van der Waals surface area contributed by atoms with E-state index in [1.54, 1.807) is 7.11 Å². The Bertz CT molecular complexity index is 452. The molecule has 1 aliphatic carbocycles. The second-order valence-electron chi connectivity index (χ2n) is 5.99. The van der Waals surface area contributed by atoms with Crippen molar-refractivity contribution in [3.63, 3.8) is 0 Å². The summed E-state index contributed by atoms with van der Waals surface area (Å²) in [5, 5.41) is 3.77. The molecule has 1 saturated heterocycles. The van der Waals surface area contributed by atoms with Crippen LogP contribution in [0.15, 0.2) is 18.2 Å². The molecule has 0 aromatic heterocycles. The van der Waals surface area contributed by atoms with E-state index in [0.717, 1.165) is 25.4 Å². The molecular weight excluding hydrogens is 236 g/mol. The number of methoxy groups -OCH3 is 1. The first-order chi connectivity index (χ1) is 9.22. The summed E-state index contributed by atoms with van der Waals surface area (Å²) in [4.78, 5) is 2.54. The average Bonchev–Trinajstić information content (AvgIpc) is 2.86. The van der Waals surface area contributed by atoms with Crippen molar-refractivity contribution in [2.45, 2.75) is 38.1 Å². The van der Waals surface area contributed by atoms with Crippen LogP contribution >= 0.6 is 0 Å². The Balaban J connectivity index is 1.79. The highest BCUT2D eigenvalue weighted by atomic mass is 16.5. The van der Waals surface area contributed by atoms with Crippen LogP contribution in [0, 0.1) is 6.92 Å². The third kappa shape index (κ3) is 2.44. The minimum Gasteiger partial charge on any atom is -0.496 e. The van der Waals surface area contributed by atoms with Gasteiger partial charge in [-0.25, -0.2) is 0 Å². The van der Waals surface area contributed by atoms with Crippen LogP contribution < -0.4 is 15.0 Å². The van der Waals surface area contributed by atoms with Gasteiger partial charge in [0, 0.05) is 30.9 Å². The average molecular weight is 260 g/mol. The maximum atomic E-state index is 5.35. The predicted octanol–water partition coefficient (Wildman–Crippen LogP) is 2.73. The zero-order chi connectivity index (χ0) is 13.3. The molecule has 1 aromatic carbocycles. The van der Waals surface area contributed by atoms with Crippen molar-refractivity contribution in [3.05, 3.63) is 23.8 Å². The number of nitrogens with one attached hydrogen (secondary N) is 1. The molecule has 0 atom stereocenters. The first kappa shape index (κ1) is 12.8. The monoisotopic (exact) mass is 260 g/mol. The van der Waals surface area contributed by atoms with E-state index in [4.69, 9.17) is 4.74 Å². The lowest BCUT2D eigenvalue weighted by Gasteiger charge is -2.42. The highest BCUT2D eigenvalue weighted by Crippen LogP contribution is 2.34. The van der Waals surface area contributed by atoms with Gasteiger partial charge in [0.25, 0.3) is 0 Å². The number of hydrogen-bond acceptors (Lipinski definition) is 3. The molecule has 1 saturated carbocycles. The Morgan fingerprint density at radius 2 is 2.05 bits per heavy atom. The summed E-state index contributed by atoms with van der Waals surface area (Å²) in [6, 6.07) is 6.54. The van der Waals surface area contributed by atoms with Crippen LogP contribution in [-0.4, -0.2) is 32.3 Å². The molecule has 0 bridgehead atoms. The van der Waals surface area contributed by atoms with Gasteiger partial charge in [0.1, 0.15) is 5.75 Å². The minimum atomic E-state index is 0.381. The second-order valence-corrected chi connectivity index (χ2v) is 5.99. The van der Waals surface area contributed by atoms with E-state index in [9.17, 15) is 0 Å². The quantitative estimate of drug-likeness (QED) is 0.885. The number of anilines is 1. The molecule has 19 heavy (non-hydrogen) atoms. The summed E-state index contributed by atoms with van der Waals surface area (Å²) in [5.74, 6) is 0.981. The summed E-state index contributed by atoms with van der Waals surface area (Å²) in [6.07, 6.45) is 5.42. The van der Waals surface area contributed by atoms with Gasteiger partial charge in [0.15, 0.2) is 0 Å². The van der Waals surface area contributed by atoms with E-state index in [1.165, 1.54) is 36.9 Å². The van der Waals surface area contributed by atoms with E-state index >= 15 is 0 Å². The van der Waals surface area contributed by atoms with Gasteiger partial charge in [-0.15, -0.1) is 0 Å². The first-order valence-corrected chi connectivity index (χ1v) is 7.37. The maximum absolute atomic E-state index is 5.35. The number of benzene rings is 1. The van der Waals surface area contributed by atoms with E-state index in [0.29, 0.717) is 5.54 Å². The molecule has 0 amide bonds. The summed E-state index contributed by atoms with van der Waals surface area (Å²) >= 11 is 0. The lowest BCUT2D eigenvalue weighted by molar-refractivity contribution is 0.304. The second kappa shape index (κ2) is 5.04. The topological polar surface area (TPSA) is 24.5 Å². The van der Waals surface area contributed by atoms with Crippen LogP contribution in [0.4, 0.5) is 5.69 Å². The number of rotatable bonds is 2. The van der Waals surface area contributed by atoms with Gasteiger partial charge >= 0.3 is 0 Å². The predicted molar refractivity (Wildman–Crippen MR) is 79.1 cm³/mol. The molecule has 2 aliphatic rings. The molecule has 2 fully saturated rings. The van der Waals surface area contributed by atoms with E-state index in [2.05, 4.69) is 35.3 Å². The van der Waals surface area contributed by atoms with E-state index < -0.39 is 0 Å². The Kier molecular flexibility index (Phi) is 3.40. The standard InChI is InChI=1S/C16H24N2O/c1-13-11-14(5-6-15(13)19-2)18-10-9-17-16(12-18)7-3-4-8-16/h5-6,11,17H,3-4,7-10,12H2,1-2H3. The van der Waals surface area contributed by atoms with Gasteiger partial charge in [-0.3, -0.25) is 0 Å².